The van der Waals surface area contributed by atoms with Crippen LogP contribution in [0.4, 0.5) is 8.78 Å². The molecular weight excluding hydrogens is 374 g/mol. The van der Waals surface area contributed by atoms with Crippen LogP contribution in [0.1, 0.15) is 5.56 Å². The number of hydrogen-bond donors (Lipinski definition) is 4. The first kappa shape index (κ1) is 19.2. The van der Waals surface area contributed by atoms with Gasteiger partial charge < -0.3 is 34.3 Å². The molecular formula is C16H14F2O9. The minimum Gasteiger partial charge on any atom is -0.479 e. The first-order valence-corrected chi connectivity index (χ1v) is 7.63. The van der Waals surface area contributed by atoms with Crippen molar-refractivity contribution < 1.29 is 47.9 Å². The maximum absolute atomic E-state index is 14.6. The van der Waals surface area contributed by atoms with E-state index < -0.39 is 65.3 Å². The van der Waals surface area contributed by atoms with E-state index in [2.05, 4.69) is 0 Å². The number of ether oxygens (including phenoxy) is 2. The number of rotatable bonds is 3. The maximum atomic E-state index is 14.6. The van der Waals surface area contributed by atoms with E-state index in [4.69, 9.17) is 19.0 Å². The van der Waals surface area contributed by atoms with E-state index in [1.54, 1.807) is 0 Å². The molecule has 1 aromatic carbocycles. The molecule has 9 nitrogen and oxygen atoms in total. The summed E-state index contributed by atoms with van der Waals surface area (Å²) in [6.45, 7) is 1.43. The number of halogens is 2. The van der Waals surface area contributed by atoms with Gasteiger partial charge in [-0.3, -0.25) is 0 Å². The molecule has 2 aromatic rings. The molecule has 1 unspecified atom stereocenters. The molecule has 4 N–H and O–H groups in total. The van der Waals surface area contributed by atoms with E-state index in [0.717, 1.165) is 12.1 Å². The largest absolute Gasteiger partial charge is 0.479 e. The summed E-state index contributed by atoms with van der Waals surface area (Å²) in [5.41, 5.74) is -1.27. The second kappa shape index (κ2) is 6.85. The van der Waals surface area contributed by atoms with E-state index in [0.29, 0.717) is 0 Å². The number of carboxylic acids is 1. The lowest BCUT2D eigenvalue weighted by Gasteiger charge is -2.38. The lowest BCUT2D eigenvalue weighted by Crippen LogP contribution is -2.61. The fourth-order valence-electron chi connectivity index (χ4n) is 2.73. The molecule has 1 aliphatic rings. The third kappa shape index (κ3) is 3.25. The molecule has 0 bridgehead atoms. The summed E-state index contributed by atoms with van der Waals surface area (Å²) in [5, 5.41) is 38.1. The second-order valence-corrected chi connectivity index (χ2v) is 5.98. The van der Waals surface area contributed by atoms with Crippen molar-refractivity contribution in [3.63, 3.8) is 0 Å². The average molecular weight is 388 g/mol. The molecule has 0 aliphatic carbocycles. The van der Waals surface area contributed by atoms with E-state index in [1.165, 1.54) is 6.92 Å². The topological polar surface area (TPSA) is 147 Å². The molecule has 1 fully saturated rings. The Balaban J connectivity index is 2.03. The Hall–Kier alpha value is -2.60. The van der Waals surface area contributed by atoms with Crippen LogP contribution in [0.15, 0.2) is 21.3 Å². The predicted octanol–water partition coefficient (Wildman–Crippen LogP) is -0.349. The van der Waals surface area contributed by atoms with Gasteiger partial charge in [-0.05, 0) is 18.6 Å². The van der Waals surface area contributed by atoms with Crippen LogP contribution in [0.5, 0.6) is 5.75 Å². The minimum absolute atomic E-state index is 0.0408. The maximum Gasteiger partial charge on any atom is 0.336 e. The Labute approximate surface area is 149 Å². The fraction of sp³-hybridized carbons (Fsp3) is 0.375. The molecule has 3 rings (SSSR count). The summed E-state index contributed by atoms with van der Waals surface area (Å²) in [6, 6.07) is 1.85. The zero-order valence-corrected chi connectivity index (χ0v) is 13.6. The molecule has 0 spiro atoms. The Morgan fingerprint density at radius 2 is 1.81 bits per heavy atom. The molecule has 1 aromatic heterocycles. The van der Waals surface area contributed by atoms with Crippen LogP contribution < -0.4 is 10.4 Å². The molecule has 0 amide bonds. The van der Waals surface area contributed by atoms with Crippen LogP contribution in [0.2, 0.25) is 0 Å². The van der Waals surface area contributed by atoms with Crippen LogP contribution >= 0.6 is 0 Å². The van der Waals surface area contributed by atoms with Gasteiger partial charge in [-0.1, -0.05) is 0 Å². The zero-order valence-electron chi connectivity index (χ0n) is 13.6. The van der Waals surface area contributed by atoms with Crippen LogP contribution in [0.3, 0.4) is 0 Å². The van der Waals surface area contributed by atoms with Crippen LogP contribution in [0.25, 0.3) is 11.0 Å². The molecule has 1 saturated heterocycles. The molecule has 0 radical (unpaired) electrons. The van der Waals surface area contributed by atoms with Gasteiger partial charge >= 0.3 is 11.6 Å². The van der Waals surface area contributed by atoms with Gasteiger partial charge in [-0.25, -0.2) is 14.0 Å². The summed E-state index contributed by atoms with van der Waals surface area (Å²) in [6.07, 6.45) is -10.1. The Morgan fingerprint density at radius 3 is 2.44 bits per heavy atom. The molecule has 1 aliphatic heterocycles. The molecule has 2 heterocycles. The molecule has 146 valence electrons. The highest BCUT2D eigenvalue weighted by Gasteiger charge is 2.48. The highest BCUT2D eigenvalue weighted by atomic mass is 19.1. The number of aliphatic hydroxyl groups is 3. The number of benzene rings is 1. The smallest absolute Gasteiger partial charge is 0.336 e. The SMILES string of the molecule is Cc1cc(=O)oc2c(F)c(OC3O[C@H](C(=O)O)[C@@H](O)[C@H](O)[C@H]3O)c(F)cc12. The normalized spacial score (nSPS) is 28.3. The first-order valence-electron chi connectivity index (χ1n) is 7.63. The van der Waals surface area contributed by atoms with Crippen molar-refractivity contribution in [3.8, 4) is 5.75 Å². The van der Waals surface area contributed by atoms with Crippen molar-refractivity contribution in [2.75, 3.05) is 0 Å². The third-order valence-electron chi connectivity index (χ3n) is 4.14. The highest BCUT2D eigenvalue weighted by molar-refractivity contribution is 5.82. The molecule has 11 heteroatoms. The summed E-state index contributed by atoms with van der Waals surface area (Å²) in [4.78, 5) is 22.5. The quantitative estimate of drug-likeness (QED) is 0.518. The van der Waals surface area contributed by atoms with Crippen molar-refractivity contribution in [2.24, 2.45) is 0 Å². The van der Waals surface area contributed by atoms with Crippen LogP contribution in [0, 0.1) is 18.6 Å². The van der Waals surface area contributed by atoms with Crippen molar-refractivity contribution in [1.82, 2.24) is 0 Å². The highest BCUT2D eigenvalue weighted by Crippen LogP contribution is 2.33. The average Bonchev–Trinajstić information content (AvgIpc) is 2.59. The standard InChI is InChI=1S/C16H14F2O9/c1-4-2-7(19)25-12-5(4)3-6(17)13(8(12)18)26-16-11(22)9(20)10(21)14(27-16)15(23)24/h2-3,9-11,14,16,20-22H,1H3,(H,23,24)/t9-,10-,11+,14-,16?/m0/s1. The Bertz CT molecular complexity index is 957. The van der Waals surface area contributed by atoms with Gasteiger partial charge in [0, 0.05) is 11.5 Å². The number of aryl methyl sites for hydroxylation is 1. The summed E-state index contributed by atoms with van der Waals surface area (Å²) >= 11 is 0. The summed E-state index contributed by atoms with van der Waals surface area (Å²) in [5.74, 6) is -5.48. The zero-order chi connectivity index (χ0) is 20.0. The van der Waals surface area contributed by atoms with Crippen molar-refractivity contribution in [1.29, 1.82) is 0 Å². The summed E-state index contributed by atoms with van der Waals surface area (Å²) < 4.78 is 43.4. The lowest BCUT2D eigenvalue weighted by molar-refractivity contribution is -0.271. The minimum atomic E-state index is -2.03. The van der Waals surface area contributed by atoms with Gasteiger partial charge in [0.05, 0.1) is 0 Å². The number of carboxylic acid groups (broad SMARTS) is 1. The van der Waals surface area contributed by atoms with E-state index in [9.17, 15) is 33.7 Å². The second-order valence-electron chi connectivity index (χ2n) is 5.98. The summed E-state index contributed by atoms with van der Waals surface area (Å²) in [7, 11) is 0. The number of hydrogen-bond acceptors (Lipinski definition) is 8. The van der Waals surface area contributed by atoms with Gasteiger partial charge in [0.25, 0.3) is 0 Å². The number of carbonyl (C=O) groups is 1. The van der Waals surface area contributed by atoms with E-state index >= 15 is 0 Å². The van der Waals surface area contributed by atoms with Gasteiger partial charge in [0.1, 0.15) is 18.3 Å². The van der Waals surface area contributed by atoms with Gasteiger partial charge in [-0.15, -0.1) is 0 Å². The number of fused-ring (bicyclic) bond motifs is 1. The molecule has 27 heavy (non-hydrogen) atoms. The third-order valence-corrected chi connectivity index (χ3v) is 4.14. The van der Waals surface area contributed by atoms with Crippen LogP contribution in [-0.4, -0.2) is 57.1 Å². The number of aliphatic carboxylic acids is 1. The number of aliphatic hydroxyl groups excluding tert-OH is 3. The van der Waals surface area contributed by atoms with E-state index in [1.807, 2.05) is 0 Å². The monoisotopic (exact) mass is 388 g/mol. The molecule has 5 atom stereocenters. The predicted molar refractivity (Wildman–Crippen MR) is 82.1 cm³/mol. The van der Waals surface area contributed by atoms with Gasteiger partial charge in [0.15, 0.2) is 23.3 Å². The van der Waals surface area contributed by atoms with Gasteiger partial charge in [-0.2, -0.15) is 4.39 Å². The fourth-order valence-corrected chi connectivity index (χ4v) is 2.73. The first-order chi connectivity index (χ1) is 12.6. The van der Waals surface area contributed by atoms with Crippen molar-refractivity contribution >= 4 is 16.9 Å². The Morgan fingerprint density at radius 1 is 1.15 bits per heavy atom. The Kier molecular flexibility index (Phi) is 4.86. The van der Waals surface area contributed by atoms with Crippen LogP contribution in [-0.2, 0) is 9.53 Å². The van der Waals surface area contributed by atoms with E-state index in [-0.39, 0.29) is 10.9 Å². The lowest BCUT2D eigenvalue weighted by atomic mass is 9.99. The molecule has 0 saturated carbocycles. The van der Waals surface area contributed by atoms with Crippen molar-refractivity contribution in [3.05, 3.63) is 39.8 Å². The van der Waals surface area contributed by atoms with Gasteiger partial charge in [0.2, 0.25) is 12.1 Å². The van der Waals surface area contributed by atoms with Crippen molar-refractivity contribution in [2.45, 2.75) is 37.6 Å².